The van der Waals surface area contributed by atoms with Crippen LogP contribution in [-0.2, 0) is 6.42 Å². The van der Waals surface area contributed by atoms with Crippen molar-refractivity contribution in [3.8, 4) is 0 Å². The van der Waals surface area contributed by atoms with E-state index in [0.717, 1.165) is 6.42 Å². The molecule has 1 N–H and O–H groups in total. The molecule has 0 amide bonds. The van der Waals surface area contributed by atoms with E-state index in [2.05, 4.69) is 57.3 Å². The molecule has 0 saturated heterocycles. The molecule has 3 rings (SSSR count). The van der Waals surface area contributed by atoms with Crippen molar-refractivity contribution in [1.29, 1.82) is 0 Å². The summed E-state index contributed by atoms with van der Waals surface area (Å²) < 4.78 is 0. The van der Waals surface area contributed by atoms with Crippen LogP contribution in [0.25, 0.3) is 0 Å². The van der Waals surface area contributed by atoms with Crippen LogP contribution < -0.4 is 5.32 Å². The van der Waals surface area contributed by atoms with E-state index in [-0.39, 0.29) is 0 Å². The Morgan fingerprint density at radius 3 is 2.68 bits per heavy atom. The highest BCUT2D eigenvalue weighted by atomic mass is 32.1. The summed E-state index contributed by atoms with van der Waals surface area (Å²) in [6, 6.07) is 9.52. The summed E-state index contributed by atoms with van der Waals surface area (Å²) >= 11 is 1.91. The van der Waals surface area contributed by atoms with E-state index in [4.69, 9.17) is 0 Å². The van der Waals surface area contributed by atoms with Gasteiger partial charge in [0, 0.05) is 15.4 Å². The van der Waals surface area contributed by atoms with Gasteiger partial charge >= 0.3 is 0 Å². The monoisotopic (exact) mass is 271 g/mol. The van der Waals surface area contributed by atoms with Gasteiger partial charge in [-0.1, -0.05) is 32.0 Å². The lowest BCUT2D eigenvalue weighted by Gasteiger charge is -2.14. The number of nitrogens with one attached hydrogen (secondary N) is 1. The molecule has 1 aliphatic heterocycles. The van der Waals surface area contributed by atoms with Crippen molar-refractivity contribution in [2.75, 3.05) is 5.32 Å². The van der Waals surface area contributed by atoms with E-state index >= 15 is 0 Å². The Labute approximate surface area is 119 Å². The molecule has 2 heterocycles. The molecule has 1 aromatic heterocycles. The van der Waals surface area contributed by atoms with Crippen molar-refractivity contribution in [1.82, 2.24) is 0 Å². The number of thiophene rings is 1. The van der Waals surface area contributed by atoms with Crippen LogP contribution in [0.4, 0.5) is 5.69 Å². The smallest absolute Gasteiger partial charge is 0.0566 e. The first-order valence-electron chi connectivity index (χ1n) is 7.01. The summed E-state index contributed by atoms with van der Waals surface area (Å²) in [5.41, 5.74) is 5.78. The highest BCUT2D eigenvalue weighted by Crippen LogP contribution is 2.41. The van der Waals surface area contributed by atoms with Crippen molar-refractivity contribution < 1.29 is 0 Å². The number of hydrogen-bond acceptors (Lipinski definition) is 2. The number of benzene rings is 1. The van der Waals surface area contributed by atoms with Crippen LogP contribution in [-0.4, -0.2) is 0 Å². The maximum Gasteiger partial charge on any atom is 0.0566 e. The minimum atomic E-state index is 0.458. The maximum atomic E-state index is 3.76. The number of aryl methyl sites for hydroxylation is 2. The van der Waals surface area contributed by atoms with E-state index in [1.807, 2.05) is 11.3 Å². The van der Waals surface area contributed by atoms with Crippen LogP contribution in [0.15, 0.2) is 24.3 Å². The van der Waals surface area contributed by atoms with E-state index < -0.39 is 0 Å². The van der Waals surface area contributed by atoms with Crippen LogP contribution in [0.3, 0.4) is 0 Å². The summed E-state index contributed by atoms with van der Waals surface area (Å²) in [6.45, 7) is 8.97. The third kappa shape index (κ3) is 2.18. The second kappa shape index (κ2) is 4.68. The lowest BCUT2D eigenvalue weighted by atomic mass is 9.98. The summed E-state index contributed by atoms with van der Waals surface area (Å²) in [5, 5.41) is 3.76. The average Bonchev–Trinajstić information content (AvgIpc) is 2.91. The first-order chi connectivity index (χ1) is 9.06. The number of para-hydroxylation sites is 1. The molecule has 1 aromatic carbocycles. The van der Waals surface area contributed by atoms with E-state index in [1.54, 1.807) is 0 Å². The second-order valence-electron chi connectivity index (χ2n) is 5.81. The largest absolute Gasteiger partial charge is 0.377 e. The first-order valence-corrected chi connectivity index (χ1v) is 7.83. The SMILES string of the molecule is Cc1cc(C2Cc3cccc(C(C)C)c3N2)c(C)s1. The zero-order valence-electron chi connectivity index (χ0n) is 12.1. The number of anilines is 1. The lowest BCUT2D eigenvalue weighted by molar-refractivity contribution is 0.819. The standard InChI is InChI=1S/C17H21NS/c1-10(2)14-7-5-6-13-9-16(18-17(13)14)15-8-11(3)19-12(15)4/h5-8,10,16,18H,9H2,1-4H3. The number of rotatable bonds is 2. The predicted octanol–water partition coefficient (Wildman–Crippen LogP) is 5.20. The van der Waals surface area contributed by atoms with Crippen LogP contribution in [0, 0.1) is 13.8 Å². The third-order valence-corrected chi connectivity index (χ3v) is 4.98. The Kier molecular flexibility index (Phi) is 3.14. The second-order valence-corrected chi connectivity index (χ2v) is 7.27. The van der Waals surface area contributed by atoms with Gasteiger partial charge in [0.25, 0.3) is 0 Å². The Hall–Kier alpha value is -1.28. The van der Waals surface area contributed by atoms with E-state index in [0.29, 0.717) is 12.0 Å². The van der Waals surface area contributed by atoms with Gasteiger partial charge in [0.1, 0.15) is 0 Å². The number of fused-ring (bicyclic) bond motifs is 1. The Morgan fingerprint density at radius 1 is 1.26 bits per heavy atom. The zero-order chi connectivity index (χ0) is 13.6. The molecule has 0 radical (unpaired) electrons. The van der Waals surface area contributed by atoms with E-state index in [1.165, 1.54) is 32.1 Å². The molecule has 0 aliphatic carbocycles. The molecule has 100 valence electrons. The average molecular weight is 271 g/mol. The quantitative estimate of drug-likeness (QED) is 0.792. The van der Waals surface area contributed by atoms with Gasteiger partial charge in [-0.2, -0.15) is 0 Å². The molecule has 0 saturated carbocycles. The Balaban J connectivity index is 1.96. The van der Waals surface area contributed by atoms with Gasteiger partial charge in [0.15, 0.2) is 0 Å². The van der Waals surface area contributed by atoms with Gasteiger partial charge in [-0.15, -0.1) is 11.3 Å². The topological polar surface area (TPSA) is 12.0 Å². The van der Waals surface area contributed by atoms with Crippen molar-refractivity contribution >= 4 is 17.0 Å². The van der Waals surface area contributed by atoms with Gasteiger partial charge < -0.3 is 5.32 Å². The number of hydrogen-bond donors (Lipinski definition) is 1. The highest BCUT2D eigenvalue weighted by molar-refractivity contribution is 7.12. The third-order valence-electron chi connectivity index (χ3n) is 4.00. The lowest BCUT2D eigenvalue weighted by Crippen LogP contribution is -2.06. The van der Waals surface area contributed by atoms with E-state index in [9.17, 15) is 0 Å². The molecular formula is C17H21NS. The van der Waals surface area contributed by atoms with Crippen molar-refractivity contribution in [2.24, 2.45) is 0 Å². The first kappa shape index (κ1) is 12.7. The summed E-state index contributed by atoms with van der Waals surface area (Å²) in [5.74, 6) is 0.575. The molecule has 0 bridgehead atoms. The molecule has 19 heavy (non-hydrogen) atoms. The molecule has 1 nitrogen and oxygen atoms in total. The highest BCUT2D eigenvalue weighted by Gasteiger charge is 2.26. The van der Waals surface area contributed by atoms with Gasteiger partial charge in [-0.05, 0) is 48.9 Å². The van der Waals surface area contributed by atoms with Crippen molar-refractivity contribution in [3.05, 3.63) is 50.7 Å². The molecule has 1 aliphatic rings. The molecule has 0 spiro atoms. The van der Waals surface area contributed by atoms with Gasteiger partial charge in [0.2, 0.25) is 0 Å². The molecule has 1 unspecified atom stereocenters. The molecule has 0 fully saturated rings. The minimum absolute atomic E-state index is 0.458. The fraction of sp³-hybridized carbons (Fsp3) is 0.412. The fourth-order valence-electron chi connectivity index (χ4n) is 3.08. The van der Waals surface area contributed by atoms with Crippen molar-refractivity contribution in [3.63, 3.8) is 0 Å². The van der Waals surface area contributed by atoms with Gasteiger partial charge in [-0.25, -0.2) is 0 Å². The minimum Gasteiger partial charge on any atom is -0.377 e. The van der Waals surface area contributed by atoms with Gasteiger partial charge in [-0.3, -0.25) is 0 Å². The molecule has 1 atom stereocenters. The molecular weight excluding hydrogens is 250 g/mol. The summed E-state index contributed by atoms with van der Waals surface area (Å²) in [7, 11) is 0. The van der Waals surface area contributed by atoms with Crippen LogP contribution in [0.2, 0.25) is 0 Å². The van der Waals surface area contributed by atoms with Crippen molar-refractivity contribution in [2.45, 2.75) is 46.1 Å². The summed E-state index contributed by atoms with van der Waals surface area (Å²) in [6.07, 6.45) is 1.12. The van der Waals surface area contributed by atoms with Crippen LogP contribution in [0.1, 0.15) is 52.3 Å². The van der Waals surface area contributed by atoms with Crippen LogP contribution >= 0.6 is 11.3 Å². The predicted molar refractivity (Wildman–Crippen MR) is 84.4 cm³/mol. The fourth-order valence-corrected chi connectivity index (χ4v) is 4.06. The Morgan fingerprint density at radius 2 is 2.05 bits per heavy atom. The Bertz CT molecular complexity index is 610. The maximum absolute atomic E-state index is 3.76. The zero-order valence-corrected chi connectivity index (χ0v) is 12.9. The van der Waals surface area contributed by atoms with Crippen LogP contribution in [0.5, 0.6) is 0 Å². The molecule has 2 heteroatoms. The van der Waals surface area contributed by atoms with Gasteiger partial charge in [0.05, 0.1) is 6.04 Å². The molecule has 2 aromatic rings. The normalized spacial score (nSPS) is 17.6. The summed E-state index contributed by atoms with van der Waals surface area (Å²) in [4.78, 5) is 2.86.